The van der Waals surface area contributed by atoms with Crippen LogP contribution in [-0.2, 0) is 39.9 Å². The minimum atomic E-state index is -4.69. The lowest BCUT2D eigenvalue weighted by Crippen LogP contribution is -2.45. The van der Waals surface area contributed by atoms with Crippen molar-refractivity contribution in [2.45, 2.75) is 111 Å². The molecule has 6 rings (SSSR count). The van der Waals surface area contributed by atoms with Gasteiger partial charge in [0.1, 0.15) is 29.5 Å². The van der Waals surface area contributed by atoms with Gasteiger partial charge in [0.2, 0.25) is 5.91 Å². The molecular weight excluding hydrogens is 722 g/mol. The topological polar surface area (TPSA) is 128 Å². The molecule has 0 radical (unpaired) electrons. The molecule has 1 saturated heterocycles. The molecule has 0 unspecified atom stereocenters. The summed E-state index contributed by atoms with van der Waals surface area (Å²) in [7, 11) is 0. The highest BCUT2D eigenvalue weighted by Gasteiger charge is 2.66. The Hall–Kier alpha value is -5.33. The summed E-state index contributed by atoms with van der Waals surface area (Å²) < 4.78 is 42.3. The number of nitrogens with zero attached hydrogens (tertiary/aromatic N) is 6. The first-order valence-electron chi connectivity index (χ1n) is 18.8. The standard InChI is InChI=1S/C43H47F3N6O4/c1-8-10-28-16-29(30-22-47-27(5)48-23-30)17-32-39(26(4)53)50-51(40(28)32)24-38(56)52-34(35(55)18-33-25(3)11-12-36(49-33)43(44,45)46)20-42(21-37(42)52)15-13-31(54)19-41(6,7)14-9-2/h8-9,11-12,16-17,22-23,34,37H,1-2,10,13-15,18-21,24H2,3-7H3/t34-,37+,42-/m0/s1. The van der Waals surface area contributed by atoms with E-state index in [0.717, 1.165) is 22.8 Å². The Morgan fingerprint density at radius 1 is 1.00 bits per heavy atom. The Bertz CT molecular complexity index is 2240. The second kappa shape index (κ2) is 15.3. The van der Waals surface area contributed by atoms with Crippen LogP contribution >= 0.6 is 0 Å². The fraction of sp³-hybridized carbons (Fsp3) is 0.442. The zero-order valence-corrected chi connectivity index (χ0v) is 32.5. The summed E-state index contributed by atoms with van der Waals surface area (Å²) in [6, 6.07) is 4.64. The number of halogens is 3. The predicted octanol–water partition coefficient (Wildman–Crippen LogP) is 7.97. The van der Waals surface area contributed by atoms with Crippen LogP contribution in [0.4, 0.5) is 13.2 Å². The van der Waals surface area contributed by atoms with Crippen LogP contribution in [0.3, 0.4) is 0 Å². The van der Waals surface area contributed by atoms with Crippen LogP contribution < -0.4 is 0 Å². The number of amides is 1. The van der Waals surface area contributed by atoms with Crippen molar-refractivity contribution in [3.63, 3.8) is 0 Å². The molecule has 2 fully saturated rings. The van der Waals surface area contributed by atoms with Crippen LogP contribution in [0.2, 0.25) is 0 Å². The van der Waals surface area contributed by atoms with Crippen molar-refractivity contribution in [2.75, 3.05) is 0 Å². The monoisotopic (exact) mass is 768 g/mol. The van der Waals surface area contributed by atoms with E-state index < -0.39 is 41.4 Å². The van der Waals surface area contributed by atoms with Crippen molar-refractivity contribution in [3.8, 4) is 11.1 Å². The molecule has 1 aliphatic carbocycles. The van der Waals surface area contributed by atoms with E-state index in [1.807, 2.05) is 26.0 Å². The van der Waals surface area contributed by atoms with Crippen LogP contribution in [0.1, 0.15) is 98.1 Å². The van der Waals surface area contributed by atoms with E-state index in [9.17, 15) is 32.3 Å². The van der Waals surface area contributed by atoms with Crippen molar-refractivity contribution in [1.29, 1.82) is 0 Å². The second-order valence-electron chi connectivity index (χ2n) is 16.2. The maximum Gasteiger partial charge on any atom is 0.433 e. The normalized spacial score (nSPS) is 19.2. The summed E-state index contributed by atoms with van der Waals surface area (Å²) in [5.41, 5.74) is 1.60. The van der Waals surface area contributed by atoms with Crippen molar-refractivity contribution < 1.29 is 32.3 Å². The number of likely N-dealkylation sites (tertiary alicyclic amines) is 1. The van der Waals surface area contributed by atoms with Gasteiger partial charge in [0, 0.05) is 49.2 Å². The summed E-state index contributed by atoms with van der Waals surface area (Å²) in [5, 5.41) is 5.18. The van der Waals surface area contributed by atoms with Crippen LogP contribution in [0, 0.1) is 24.7 Å². The summed E-state index contributed by atoms with van der Waals surface area (Å²) in [6.07, 6.45) is 4.88. The number of carbonyl (C=O) groups excluding carboxylic acids is 4. The summed E-state index contributed by atoms with van der Waals surface area (Å²) in [4.78, 5) is 68.9. The molecular formula is C43H47F3N6O4. The molecule has 1 aliphatic heterocycles. The van der Waals surface area contributed by atoms with Gasteiger partial charge in [0.15, 0.2) is 11.6 Å². The van der Waals surface area contributed by atoms with Crippen LogP contribution in [0.25, 0.3) is 22.0 Å². The summed E-state index contributed by atoms with van der Waals surface area (Å²) >= 11 is 0. The molecule has 294 valence electrons. The third-order valence-corrected chi connectivity index (χ3v) is 11.2. The largest absolute Gasteiger partial charge is 0.433 e. The van der Waals surface area contributed by atoms with Crippen LogP contribution in [0.15, 0.2) is 62.0 Å². The fourth-order valence-corrected chi connectivity index (χ4v) is 8.30. The summed E-state index contributed by atoms with van der Waals surface area (Å²) in [5.74, 6) is -0.455. The van der Waals surface area contributed by atoms with Gasteiger partial charge in [-0.25, -0.2) is 15.0 Å². The van der Waals surface area contributed by atoms with Crippen molar-refractivity contribution in [3.05, 3.63) is 96.0 Å². The predicted molar refractivity (Wildman–Crippen MR) is 206 cm³/mol. The number of piperidine rings is 1. The fourth-order valence-electron chi connectivity index (χ4n) is 8.30. The number of aryl methyl sites for hydroxylation is 2. The van der Waals surface area contributed by atoms with E-state index in [0.29, 0.717) is 54.4 Å². The first-order chi connectivity index (χ1) is 26.4. The van der Waals surface area contributed by atoms with Crippen LogP contribution in [0.5, 0.6) is 0 Å². The number of benzene rings is 1. The SMILES string of the molecule is C=CCc1cc(-c2cnc(C)nc2)cc2c(C(C)=O)nn(CC(=O)N3[C@H](C(=O)Cc4nc(C(F)(F)F)ccc4C)C[C@@]4(CCC(=O)CC(C)(C)CC=C)C[C@@H]34)c12. The average Bonchev–Trinajstić information content (AvgIpc) is 3.53. The lowest BCUT2D eigenvalue weighted by molar-refractivity contribution is -0.141. The average molecular weight is 769 g/mol. The number of aromatic nitrogens is 5. The Balaban J connectivity index is 1.34. The third kappa shape index (κ3) is 8.27. The van der Waals surface area contributed by atoms with E-state index in [2.05, 4.69) is 33.2 Å². The van der Waals surface area contributed by atoms with E-state index >= 15 is 0 Å². The van der Waals surface area contributed by atoms with Gasteiger partial charge in [-0.1, -0.05) is 32.1 Å². The third-order valence-electron chi connectivity index (χ3n) is 11.2. The molecule has 3 atom stereocenters. The quantitative estimate of drug-likeness (QED) is 0.0830. The molecule has 10 nitrogen and oxygen atoms in total. The number of Topliss-reactive ketones (excluding diaryl/α,β-unsaturated/α-hetero) is 3. The first kappa shape index (κ1) is 40.3. The first-order valence-corrected chi connectivity index (χ1v) is 18.8. The Morgan fingerprint density at radius 2 is 1.71 bits per heavy atom. The van der Waals surface area contributed by atoms with Crippen molar-refractivity contribution in [1.82, 2.24) is 29.6 Å². The van der Waals surface area contributed by atoms with Gasteiger partial charge in [0.05, 0.1) is 23.7 Å². The van der Waals surface area contributed by atoms with E-state index in [1.54, 1.807) is 43.3 Å². The van der Waals surface area contributed by atoms with Gasteiger partial charge in [-0.15, -0.1) is 13.2 Å². The molecule has 0 N–H and O–H groups in total. The number of pyridine rings is 1. The molecule has 13 heteroatoms. The lowest BCUT2D eigenvalue weighted by atomic mass is 9.82. The molecule has 4 aromatic rings. The number of ketones is 3. The van der Waals surface area contributed by atoms with E-state index in [4.69, 9.17) is 0 Å². The van der Waals surface area contributed by atoms with Gasteiger partial charge in [-0.05, 0) is 91.7 Å². The number of fused-ring (bicyclic) bond motifs is 2. The second-order valence-corrected chi connectivity index (χ2v) is 16.2. The number of allylic oxidation sites excluding steroid dienone is 2. The molecule has 2 aliphatic rings. The molecule has 1 amide bonds. The number of alkyl halides is 3. The Labute approximate surface area is 324 Å². The zero-order chi connectivity index (χ0) is 40.7. The molecule has 1 aromatic carbocycles. The number of rotatable bonds is 16. The molecule has 3 aromatic heterocycles. The molecule has 0 spiro atoms. The minimum Gasteiger partial charge on any atom is -0.327 e. The molecule has 56 heavy (non-hydrogen) atoms. The van der Waals surface area contributed by atoms with Gasteiger partial charge in [-0.3, -0.25) is 23.9 Å². The maximum atomic E-state index is 14.6. The van der Waals surface area contributed by atoms with Gasteiger partial charge in [0.25, 0.3) is 0 Å². The Kier molecular flexibility index (Phi) is 11.0. The highest BCUT2D eigenvalue weighted by atomic mass is 19.4. The molecule has 4 heterocycles. The van der Waals surface area contributed by atoms with Gasteiger partial charge < -0.3 is 4.90 Å². The molecule has 1 saturated carbocycles. The Morgan fingerprint density at radius 3 is 2.36 bits per heavy atom. The smallest absolute Gasteiger partial charge is 0.327 e. The zero-order valence-electron chi connectivity index (χ0n) is 32.5. The highest BCUT2D eigenvalue weighted by molar-refractivity contribution is 6.07. The van der Waals surface area contributed by atoms with Crippen LogP contribution in [-0.4, -0.2) is 65.0 Å². The highest BCUT2D eigenvalue weighted by Crippen LogP contribution is 2.62. The van der Waals surface area contributed by atoms with Crippen molar-refractivity contribution >= 4 is 34.2 Å². The summed E-state index contributed by atoms with van der Waals surface area (Å²) in [6.45, 7) is 16.2. The van der Waals surface area contributed by atoms with Gasteiger partial charge >= 0.3 is 6.18 Å². The lowest BCUT2D eigenvalue weighted by Gasteiger charge is -2.27. The van der Waals surface area contributed by atoms with Gasteiger partial charge in [-0.2, -0.15) is 18.3 Å². The van der Waals surface area contributed by atoms with E-state index in [-0.39, 0.29) is 53.8 Å². The number of hydrogen-bond acceptors (Lipinski definition) is 8. The number of hydrogen-bond donors (Lipinski definition) is 0. The maximum absolute atomic E-state index is 14.6. The van der Waals surface area contributed by atoms with Crippen molar-refractivity contribution in [2.24, 2.45) is 10.8 Å². The number of carbonyl (C=O) groups is 4. The van der Waals surface area contributed by atoms with E-state index in [1.165, 1.54) is 17.7 Å². The molecule has 0 bridgehead atoms. The minimum absolute atomic E-state index is 0.000469.